The van der Waals surface area contributed by atoms with Gasteiger partial charge < -0.3 is 15.5 Å². The van der Waals surface area contributed by atoms with Gasteiger partial charge in [-0.05, 0) is 29.0 Å². The monoisotopic (exact) mass is 307 g/mol. The molecule has 0 radical (unpaired) electrons. The van der Waals surface area contributed by atoms with Crippen LogP contribution in [0.4, 0.5) is 5.69 Å². The number of rotatable bonds is 3. The Hall–Kier alpha value is -3.34. The first-order chi connectivity index (χ1) is 11.1. The lowest BCUT2D eigenvalue weighted by molar-refractivity contribution is 0.0698. The maximum atomic E-state index is 12.6. The van der Waals surface area contributed by atoms with E-state index >= 15 is 0 Å². The molecule has 0 bridgehead atoms. The summed E-state index contributed by atoms with van der Waals surface area (Å²) in [6.07, 6.45) is 0. The van der Waals surface area contributed by atoms with E-state index in [9.17, 15) is 19.8 Å². The molecule has 0 heterocycles. The van der Waals surface area contributed by atoms with Gasteiger partial charge in [-0.25, -0.2) is 4.79 Å². The first-order valence-electron chi connectivity index (χ1n) is 6.92. The van der Waals surface area contributed by atoms with E-state index in [2.05, 4.69) is 5.32 Å². The van der Waals surface area contributed by atoms with Gasteiger partial charge in [0.15, 0.2) is 0 Å². The summed E-state index contributed by atoms with van der Waals surface area (Å²) in [7, 11) is 0. The molecule has 3 aromatic rings. The summed E-state index contributed by atoms with van der Waals surface area (Å²) < 4.78 is 0. The van der Waals surface area contributed by atoms with Crippen molar-refractivity contribution < 1.29 is 19.8 Å². The molecular weight excluding hydrogens is 294 g/mol. The summed E-state index contributed by atoms with van der Waals surface area (Å²) >= 11 is 0. The van der Waals surface area contributed by atoms with Crippen LogP contribution in [0.1, 0.15) is 20.7 Å². The van der Waals surface area contributed by atoms with E-state index in [1.54, 1.807) is 30.3 Å². The van der Waals surface area contributed by atoms with Crippen molar-refractivity contribution in [2.45, 2.75) is 0 Å². The molecule has 0 aliphatic carbocycles. The van der Waals surface area contributed by atoms with Crippen LogP contribution in [0.25, 0.3) is 10.8 Å². The average molecular weight is 307 g/mol. The number of carbonyl (C=O) groups excluding carboxylic acids is 1. The third-order valence-corrected chi connectivity index (χ3v) is 3.54. The van der Waals surface area contributed by atoms with Crippen molar-refractivity contribution in [2.24, 2.45) is 0 Å². The third-order valence-electron chi connectivity index (χ3n) is 3.54. The van der Waals surface area contributed by atoms with Crippen molar-refractivity contribution in [2.75, 3.05) is 5.32 Å². The number of amides is 1. The number of anilines is 1. The molecule has 114 valence electrons. The molecule has 0 aromatic heterocycles. The van der Waals surface area contributed by atoms with Crippen LogP contribution in [0.3, 0.4) is 0 Å². The van der Waals surface area contributed by atoms with Crippen LogP contribution < -0.4 is 5.32 Å². The lowest BCUT2D eigenvalue weighted by atomic mass is 10.0. The Labute approximate surface area is 131 Å². The Kier molecular flexibility index (Phi) is 3.68. The lowest BCUT2D eigenvalue weighted by Gasteiger charge is -2.11. The molecule has 0 unspecified atom stereocenters. The van der Waals surface area contributed by atoms with Gasteiger partial charge >= 0.3 is 5.97 Å². The fourth-order valence-corrected chi connectivity index (χ4v) is 2.46. The molecule has 0 atom stereocenters. The summed E-state index contributed by atoms with van der Waals surface area (Å²) in [5.74, 6) is -1.86. The summed E-state index contributed by atoms with van der Waals surface area (Å²) in [6, 6.07) is 16.4. The summed E-state index contributed by atoms with van der Waals surface area (Å²) in [5.41, 5.74) is 0.279. The van der Waals surface area contributed by atoms with Crippen LogP contribution in [-0.4, -0.2) is 22.1 Å². The van der Waals surface area contributed by atoms with Gasteiger partial charge in [-0.1, -0.05) is 42.5 Å². The summed E-state index contributed by atoms with van der Waals surface area (Å²) in [5, 5.41) is 23.2. The molecular formula is C18H13NO4. The molecule has 3 N–H and O–H groups in total. The van der Waals surface area contributed by atoms with Crippen molar-refractivity contribution >= 4 is 28.3 Å². The molecule has 3 rings (SSSR count). The number of hydrogen-bond donors (Lipinski definition) is 3. The molecule has 3 aromatic carbocycles. The number of aromatic hydroxyl groups is 1. The molecule has 5 nitrogen and oxygen atoms in total. The second-order valence-corrected chi connectivity index (χ2v) is 4.99. The van der Waals surface area contributed by atoms with E-state index in [4.69, 9.17) is 0 Å². The first-order valence-corrected chi connectivity index (χ1v) is 6.92. The standard InChI is InChI=1S/C18H13NO4/c20-15-10-9-11-5-1-2-6-12(11)16(15)17(21)19-14-8-4-3-7-13(14)18(22)23/h1-10,20H,(H,19,21)(H,22,23). The summed E-state index contributed by atoms with van der Waals surface area (Å²) in [6.45, 7) is 0. The van der Waals surface area contributed by atoms with Gasteiger partial charge in [-0.15, -0.1) is 0 Å². The minimum absolute atomic E-state index is 0.0134. The Bertz CT molecular complexity index is 918. The zero-order valence-corrected chi connectivity index (χ0v) is 12.0. The van der Waals surface area contributed by atoms with Crippen LogP contribution in [0.15, 0.2) is 60.7 Å². The topological polar surface area (TPSA) is 86.6 Å². The average Bonchev–Trinajstić information content (AvgIpc) is 2.54. The van der Waals surface area contributed by atoms with Gasteiger partial charge in [0.1, 0.15) is 5.75 Å². The van der Waals surface area contributed by atoms with Gasteiger partial charge in [0, 0.05) is 0 Å². The smallest absolute Gasteiger partial charge is 0.337 e. The SMILES string of the molecule is O=C(O)c1ccccc1NC(=O)c1c(O)ccc2ccccc12. The number of nitrogens with one attached hydrogen (secondary N) is 1. The Morgan fingerprint density at radius 3 is 2.35 bits per heavy atom. The predicted molar refractivity (Wildman–Crippen MR) is 87.0 cm³/mol. The molecule has 0 fully saturated rings. The Balaban J connectivity index is 2.06. The molecule has 0 aliphatic rings. The quantitative estimate of drug-likeness (QED) is 0.691. The minimum atomic E-state index is -1.14. The van der Waals surface area contributed by atoms with E-state index in [1.807, 2.05) is 12.1 Å². The van der Waals surface area contributed by atoms with Crippen LogP contribution in [0.5, 0.6) is 5.75 Å². The van der Waals surface area contributed by atoms with E-state index in [1.165, 1.54) is 18.2 Å². The number of carboxylic acids is 1. The molecule has 23 heavy (non-hydrogen) atoms. The zero-order valence-electron chi connectivity index (χ0n) is 12.0. The van der Waals surface area contributed by atoms with E-state index in [0.717, 1.165) is 5.39 Å². The van der Waals surface area contributed by atoms with Crippen molar-refractivity contribution in [3.63, 3.8) is 0 Å². The van der Waals surface area contributed by atoms with Gasteiger partial charge in [0.2, 0.25) is 0 Å². The maximum Gasteiger partial charge on any atom is 0.337 e. The molecule has 1 amide bonds. The number of carbonyl (C=O) groups is 2. The first kappa shape index (κ1) is 14.6. The Morgan fingerprint density at radius 2 is 1.57 bits per heavy atom. The van der Waals surface area contributed by atoms with Crippen LogP contribution in [0.2, 0.25) is 0 Å². The van der Waals surface area contributed by atoms with Crippen molar-refractivity contribution in [3.8, 4) is 5.75 Å². The van der Waals surface area contributed by atoms with Gasteiger partial charge in [-0.2, -0.15) is 0 Å². The lowest BCUT2D eigenvalue weighted by Crippen LogP contribution is -2.15. The van der Waals surface area contributed by atoms with Gasteiger partial charge in [-0.3, -0.25) is 4.79 Å². The minimum Gasteiger partial charge on any atom is -0.507 e. The van der Waals surface area contributed by atoms with Crippen LogP contribution in [-0.2, 0) is 0 Å². The van der Waals surface area contributed by atoms with E-state index in [-0.39, 0.29) is 22.6 Å². The van der Waals surface area contributed by atoms with Crippen LogP contribution >= 0.6 is 0 Å². The number of hydrogen-bond acceptors (Lipinski definition) is 3. The zero-order chi connectivity index (χ0) is 16.4. The largest absolute Gasteiger partial charge is 0.507 e. The maximum absolute atomic E-state index is 12.6. The summed E-state index contributed by atoms with van der Waals surface area (Å²) in [4.78, 5) is 23.8. The predicted octanol–water partition coefficient (Wildman–Crippen LogP) is 3.50. The highest BCUT2D eigenvalue weighted by molar-refractivity contribution is 6.16. The van der Waals surface area contributed by atoms with E-state index in [0.29, 0.717) is 5.39 Å². The molecule has 0 spiro atoms. The molecule has 0 saturated heterocycles. The number of phenolic OH excluding ortho intramolecular Hbond substituents is 1. The molecule has 5 heteroatoms. The fraction of sp³-hybridized carbons (Fsp3) is 0. The highest BCUT2D eigenvalue weighted by Gasteiger charge is 2.18. The van der Waals surface area contributed by atoms with E-state index < -0.39 is 11.9 Å². The highest BCUT2D eigenvalue weighted by atomic mass is 16.4. The van der Waals surface area contributed by atoms with Crippen molar-refractivity contribution in [1.29, 1.82) is 0 Å². The molecule has 0 saturated carbocycles. The van der Waals surface area contributed by atoms with Crippen LogP contribution in [0, 0.1) is 0 Å². The van der Waals surface area contributed by atoms with Gasteiger partial charge in [0.25, 0.3) is 5.91 Å². The number of para-hydroxylation sites is 1. The van der Waals surface area contributed by atoms with Crippen molar-refractivity contribution in [3.05, 3.63) is 71.8 Å². The second-order valence-electron chi connectivity index (χ2n) is 4.99. The Morgan fingerprint density at radius 1 is 0.870 bits per heavy atom. The number of aromatic carboxylic acids is 1. The van der Waals surface area contributed by atoms with Gasteiger partial charge in [0.05, 0.1) is 16.8 Å². The number of fused-ring (bicyclic) bond motifs is 1. The number of carboxylic acid groups (broad SMARTS) is 1. The number of phenols is 1. The molecule has 0 aliphatic heterocycles. The highest BCUT2D eigenvalue weighted by Crippen LogP contribution is 2.28. The normalized spacial score (nSPS) is 10.4. The fourth-order valence-electron chi connectivity index (χ4n) is 2.46. The number of benzene rings is 3. The second kappa shape index (κ2) is 5.81. The van der Waals surface area contributed by atoms with Crippen molar-refractivity contribution in [1.82, 2.24) is 0 Å². The third kappa shape index (κ3) is 2.72.